The molecule has 404 valence electrons. The fraction of sp³-hybridized carbons (Fsp3) is 0.596. The number of hydrogen-bond donors (Lipinski definition) is 15. The molecule has 0 spiro atoms. The van der Waals surface area contributed by atoms with E-state index in [-0.39, 0.29) is 51.0 Å². The van der Waals surface area contributed by atoms with Crippen molar-refractivity contribution in [2.24, 2.45) is 39.8 Å². The summed E-state index contributed by atoms with van der Waals surface area (Å²) in [4.78, 5) is 140. The van der Waals surface area contributed by atoms with Gasteiger partial charge in [0.05, 0.1) is 12.1 Å². The number of aliphatic carboxylic acids is 1. The van der Waals surface area contributed by atoms with Crippen LogP contribution in [-0.4, -0.2) is 148 Å². The van der Waals surface area contributed by atoms with Crippen LogP contribution < -0.4 is 65.5 Å². The van der Waals surface area contributed by atoms with Crippen LogP contribution in [0.15, 0.2) is 35.5 Å². The molecule has 1 aliphatic rings. The molecule has 26 heteroatoms. The topological polar surface area (TPSA) is 440 Å². The Balaban J connectivity index is 1.89. The van der Waals surface area contributed by atoms with Gasteiger partial charge in [-0.05, 0) is 75.5 Å². The molecule has 0 radical (unpaired) electrons. The lowest BCUT2D eigenvalue weighted by atomic mass is 9.96. The number of aliphatic imine (C=N–C) groups is 1. The number of para-hydroxylation sites is 1. The van der Waals surface area contributed by atoms with Crippen molar-refractivity contribution in [3.05, 3.63) is 36.0 Å². The van der Waals surface area contributed by atoms with Gasteiger partial charge in [0, 0.05) is 42.9 Å². The first-order valence-corrected chi connectivity index (χ1v) is 24.4. The number of aromatic nitrogens is 1. The Morgan fingerprint density at radius 1 is 0.685 bits per heavy atom. The van der Waals surface area contributed by atoms with Gasteiger partial charge in [0.15, 0.2) is 5.96 Å². The Morgan fingerprint density at radius 2 is 1.22 bits per heavy atom. The zero-order valence-electron chi connectivity index (χ0n) is 42.0. The molecule has 3 rings (SSSR count). The Kier molecular flexibility index (Phi) is 24.0. The van der Waals surface area contributed by atoms with Crippen LogP contribution in [0.3, 0.4) is 0 Å². The number of aromatic amines is 1. The number of carbonyl (C=O) groups excluding carboxylic acids is 9. The summed E-state index contributed by atoms with van der Waals surface area (Å²) in [6.07, 6.45) is 0.337. The number of guanidine groups is 1. The average molecular weight is 1030 g/mol. The number of nitrogens with two attached hydrogens (primary N) is 4. The molecule has 0 saturated carbocycles. The molecule has 0 unspecified atom stereocenters. The molecule has 26 nitrogen and oxygen atoms in total. The van der Waals surface area contributed by atoms with E-state index in [0.717, 1.165) is 6.42 Å². The molecule has 1 aromatic heterocycles. The quantitative estimate of drug-likeness (QED) is 0.0199. The lowest BCUT2D eigenvalue weighted by molar-refractivity contribution is -0.142. The van der Waals surface area contributed by atoms with Gasteiger partial charge < -0.3 is 80.7 Å². The Labute approximate surface area is 422 Å². The Hall–Kier alpha value is -7.35. The number of carboxylic acids is 1. The first-order chi connectivity index (χ1) is 34.4. The number of H-pyrrole nitrogens is 1. The van der Waals surface area contributed by atoms with Crippen LogP contribution in [0.25, 0.3) is 10.9 Å². The number of benzene rings is 1. The lowest BCUT2D eigenvalue weighted by Gasteiger charge is -2.31. The molecule has 0 bridgehead atoms. The number of carboxylic acid groups (broad SMARTS) is 1. The van der Waals surface area contributed by atoms with E-state index in [1.165, 1.54) is 6.92 Å². The molecule has 1 aliphatic heterocycles. The summed E-state index contributed by atoms with van der Waals surface area (Å²) in [7, 11) is 0. The molecular formula is C47H74N14O12. The van der Waals surface area contributed by atoms with Gasteiger partial charge in [-0.25, -0.2) is 4.79 Å². The smallest absolute Gasteiger partial charge is 0.326 e. The lowest BCUT2D eigenvalue weighted by Crippen LogP contribution is -2.63. The number of carbonyl (C=O) groups is 10. The van der Waals surface area contributed by atoms with Gasteiger partial charge in [0.2, 0.25) is 53.2 Å². The maximum Gasteiger partial charge on any atom is 0.326 e. The summed E-state index contributed by atoms with van der Waals surface area (Å²) in [6.45, 7) is 8.45. The highest BCUT2D eigenvalue weighted by atomic mass is 16.4. The highest BCUT2D eigenvalue weighted by Gasteiger charge is 2.38. The van der Waals surface area contributed by atoms with Crippen molar-refractivity contribution in [2.75, 3.05) is 13.1 Å². The van der Waals surface area contributed by atoms with Crippen LogP contribution in [0.1, 0.15) is 98.0 Å². The molecule has 1 fully saturated rings. The van der Waals surface area contributed by atoms with Gasteiger partial charge >= 0.3 is 5.97 Å². The zero-order chi connectivity index (χ0) is 54.5. The maximum absolute atomic E-state index is 14.3. The van der Waals surface area contributed by atoms with Crippen molar-refractivity contribution in [1.82, 2.24) is 47.5 Å². The third kappa shape index (κ3) is 19.3. The monoisotopic (exact) mass is 1030 g/mol. The van der Waals surface area contributed by atoms with Gasteiger partial charge in [-0.2, -0.15) is 0 Å². The number of aliphatic hydroxyl groups excluding tert-OH is 1. The highest BCUT2D eigenvalue weighted by Crippen LogP contribution is 2.20. The van der Waals surface area contributed by atoms with Crippen LogP contribution in [0.4, 0.5) is 0 Å². The molecule has 19 N–H and O–H groups in total. The largest absolute Gasteiger partial charge is 0.480 e. The summed E-state index contributed by atoms with van der Waals surface area (Å²) >= 11 is 0. The third-order valence-electron chi connectivity index (χ3n) is 12.4. The van der Waals surface area contributed by atoms with Crippen molar-refractivity contribution in [3.8, 4) is 0 Å². The number of primary amides is 2. The summed E-state index contributed by atoms with van der Waals surface area (Å²) in [5.74, 6) is -10.4. The van der Waals surface area contributed by atoms with Crippen molar-refractivity contribution in [3.63, 3.8) is 0 Å². The second-order valence-electron chi connectivity index (χ2n) is 18.6. The molecule has 0 aliphatic carbocycles. The number of nitrogens with zero attached hydrogens (tertiary/aromatic N) is 1. The van der Waals surface area contributed by atoms with E-state index < -0.39 is 132 Å². The van der Waals surface area contributed by atoms with E-state index in [4.69, 9.17) is 22.9 Å². The number of amides is 9. The molecule has 10 atom stereocenters. The highest BCUT2D eigenvalue weighted by molar-refractivity contribution is 5.98. The number of fused-ring (bicyclic) bond motifs is 1. The maximum atomic E-state index is 14.3. The average Bonchev–Trinajstić information content (AvgIpc) is 4.02. The van der Waals surface area contributed by atoms with Gasteiger partial charge in [0.1, 0.15) is 42.3 Å². The molecule has 73 heavy (non-hydrogen) atoms. The van der Waals surface area contributed by atoms with Crippen LogP contribution >= 0.6 is 0 Å². The molecule has 2 aromatic rings. The number of hydrogen-bond acceptors (Lipinski definition) is 13. The van der Waals surface area contributed by atoms with E-state index in [2.05, 4.69) is 52.5 Å². The summed E-state index contributed by atoms with van der Waals surface area (Å²) < 4.78 is 0. The minimum Gasteiger partial charge on any atom is -0.480 e. The summed E-state index contributed by atoms with van der Waals surface area (Å²) in [6, 6.07) is -3.65. The standard InChI is InChI=1S/C47H74N14O12/c1-6-24(4)37(60-41(67)31(16-18-35(49)64)55-39(65)29-13-9-19-52-29)44(70)61-38(25(5)62)45(71)59-36(23(2)3)43(69)58-33(21-26-22-54-28-12-8-7-11-27(26)28)42(68)56-30(15-17-34(48)63)40(66)57-32(46(72)73)14-10-20-53-47(50)51/h7-8,11-12,22-25,29-33,36-38,52,54,62H,6,9-10,13-21H2,1-5H3,(H2,48,63)(H2,49,64)(H,55,65)(H,56,68)(H,57,66)(H,58,69)(H,59,71)(H,60,67)(H,61,70)(H,72,73)(H4,50,51,53)/t24-,25+,29-,30-,31-,32-,33-,36-,37-,38-/m0/s1. The predicted octanol–water partition coefficient (Wildman–Crippen LogP) is -3.39. The normalized spacial score (nSPS) is 16.9. The van der Waals surface area contributed by atoms with Crippen LogP contribution in [-0.2, 0) is 54.4 Å². The van der Waals surface area contributed by atoms with E-state index in [1.807, 2.05) is 0 Å². The van der Waals surface area contributed by atoms with Crippen molar-refractivity contribution >= 4 is 76.0 Å². The van der Waals surface area contributed by atoms with E-state index in [1.54, 1.807) is 58.2 Å². The zero-order valence-corrected chi connectivity index (χ0v) is 42.0. The van der Waals surface area contributed by atoms with Crippen molar-refractivity contribution < 1.29 is 58.2 Å². The second kappa shape index (κ2) is 29.2. The van der Waals surface area contributed by atoms with Crippen molar-refractivity contribution in [1.29, 1.82) is 0 Å². The third-order valence-corrected chi connectivity index (χ3v) is 12.4. The number of aliphatic hydroxyl groups is 1. The SMILES string of the molecule is CC[C@H](C)[C@H](NC(=O)[C@H](CCC(N)=O)NC(=O)[C@@H]1CCCN1)C(=O)N[C@H](C(=O)N[C@H](C(=O)N[C@@H](Cc1c[nH]c2ccccc12)C(=O)N[C@@H](CCC(N)=O)C(=O)N[C@@H](CCCN=C(N)N)C(=O)O)C(C)C)[C@@H](C)O. The molecule has 2 heterocycles. The first kappa shape index (κ1) is 60.0. The first-order valence-electron chi connectivity index (χ1n) is 24.4. The van der Waals surface area contributed by atoms with Gasteiger partial charge in [-0.15, -0.1) is 0 Å². The Morgan fingerprint density at radius 3 is 1.78 bits per heavy atom. The number of nitrogens with one attached hydrogen (secondary N) is 9. The van der Waals surface area contributed by atoms with E-state index >= 15 is 0 Å². The van der Waals surface area contributed by atoms with Crippen LogP contribution in [0.5, 0.6) is 0 Å². The molecular weight excluding hydrogens is 953 g/mol. The minimum atomic E-state index is -1.71. The molecule has 1 saturated heterocycles. The molecule has 9 amide bonds. The van der Waals surface area contributed by atoms with Crippen LogP contribution in [0.2, 0.25) is 0 Å². The van der Waals surface area contributed by atoms with Gasteiger partial charge in [-0.1, -0.05) is 52.3 Å². The fourth-order valence-electron chi connectivity index (χ4n) is 7.97. The Bertz CT molecular complexity index is 2290. The summed E-state index contributed by atoms with van der Waals surface area (Å²) in [5, 5.41) is 42.3. The fourth-order valence-corrected chi connectivity index (χ4v) is 7.97. The summed E-state index contributed by atoms with van der Waals surface area (Å²) in [5.41, 5.74) is 22.7. The van der Waals surface area contributed by atoms with E-state index in [0.29, 0.717) is 35.9 Å². The van der Waals surface area contributed by atoms with Gasteiger partial charge in [-0.3, -0.25) is 48.1 Å². The number of rotatable bonds is 31. The molecule has 1 aromatic carbocycles. The van der Waals surface area contributed by atoms with Crippen molar-refractivity contribution in [2.45, 2.75) is 153 Å². The second-order valence-corrected chi connectivity index (χ2v) is 18.6. The van der Waals surface area contributed by atoms with Crippen LogP contribution in [0, 0.1) is 11.8 Å². The van der Waals surface area contributed by atoms with E-state index in [9.17, 15) is 58.2 Å². The van der Waals surface area contributed by atoms with Gasteiger partial charge in [0.25, 0.3) is 0 Å². The predicted molar refractivity (Wildman–Crippen MR) is 267 cm³/mol. The minimum absolute atomic E-state index is 0.0629.